The van der Waals surface area contributed by atoms with Gasteiger partial charge in [0.1, 0.15) is 0 Å². The maximum absolute atomic E-state index is 12.8. The second-order valence-corrected chi connectivity index (χ2v) is 9.51. The second-order valence-electron chi connectivity index (χ2n) is 9.51. The summed E-state index contributed by atoms with van der Waals surface area (Å²) in [6, 6.07) is 7.82. The first-order valence-electron chi connectivity index (χ1n) is 12.5. The maximum Gasteiger partial charge on any atom is 0.220 e. The fourth-order valence-electron chi connectivity index (χ4n) is 5.12. The highest BCUT2D eigenvalue weighted by Gasteiger charge is 2.28. The van der Waals surface area contributed by atoms with E-state index in [-0.39, 0.29) is 5.91 Å². The molecule has 2 fully saturated rings. The lowest BCUT2D eigenvalue weighted by Crippen LogP contribution is -2.40. The fraction of sp³-hybridized carbons (Fsp3) is 0.615. The van der Waals surface area contributed by atoms with Gasteiger partial charge in [-0.3, -0.25) is 9.69 Å². The van der Waals surface area contributed by atoms with Crippen LogP contribution in [0.5, 0.6) is 11.5 Å². The topological polar surface area (TPSA) is 88.9 Å². The van der Waals surface area contributed by atoms with Crippen molar-refractivity contribution in [3.63, 3.8) is 0 Å². The van der Waals surface area contributed by atoms with Gasteiger partial charge in [-0.05, 0) is 81.4 Å². The molecule has 0 radical (unpaired) electrons. The first-order valence-corrected chi connectivity index (χ1v) is 12.5. The molecule has 2 saturated heterocycles. The van der Waals surface area contributed by atoms with Crippen LogP contribution < -0.4 is 20.1 Å². The maximum atomic E-state index is 12.8. The number of ether oxygens (including phenoxy) is 2. The molecule has 2 N–H and O–H groups in total. The number of aromatic nitrogens is 1. The molecule has 0 saturated carbocycles. The third-order valence-corrected chi connectivity index (χ3v) is 7.06. The molecule has 2 aliphatic rings. The molecule has 1 aromatic heterocycles. The number of amides is 1. The molecular formula is C26H38N4O4. The zero-order valence-electron chi connectivity index (χ0n) is 20.5. The van der Waals surface area contributed by atoms with Crippen LogP contribution in [0.4, 0.5) is 0 Å². The Morgan fingerprint density at radius 1 is 1.15 bits per heavy atom. The van der Waals surface area contributed by atoms with Crippen molar-refractivity contribution >= 4 is 5.91 Å². The summed E-state index contributed by atoms with van der Waals surface area (Å²) in [7, 11) is 3.23. The van der Waals surface area contributed by atoms with Gasteiger partial charge in [0, 0.05) is 19.0 Å². The summed E-state index contributed by atoms with van der Waals surface area (Å²) in [6.45, 7) is 5.45. The predicted molar refractivity (Wildman–Crippen MR) is 130 cm³/mol. The molecule has 0 bridgehead atoms. The number of methoxy groups -OCH3 is 2. The van der Waals surface area contributed by atoms with E-state index in [2.05, 4.69) is 26.8 Å². The SMILES string of the molecule is COc1ccc(CNC(=O)C[C@H]2CCNC[C@@H]2Cc2cc(CN3CCCCC3)on2)cc1OC. The first kappa shape index (κ1) is 24.5. The van der Waals surface area contributed by atoms with Gasteiger partial charge in [0.15, 0.2) is 17.3 Å². The molecule has 4 rings (SSSR count). The molecule has 0 spiro atoms. The monoisotopic (exact) mass is 470 g/mol. The lowest BCUT2D eigenvalue weighted by Gasteiger charge is -2.31. The summed E-state index contributed by atoms with van der Waals surface area (Å²) < 4.78 is 16.3. The highest BCUT2D eigenvalue weighted by atomic mass is 16.5. The molecule has 3 heterocycles. The number of hydrogen-bond acceptors (Lipinski definition) is 7. The standard InChI is InChI=1S/C26H38N4O4/c1-32-24-7-6-19(12-25(24)33-2)16-28-26(31)14-20-8-9-27-17-21(20)13-22-15-23(34-29-22)18-30-10-4-3-5-11-30/h6-7,12,15,20-21,27H,3-5,8-11,13-14,16-18H2,1-2H3,(H,28,31)/t20-,21+/m1/s1. The normalized spacial score (nSPS) is 21.2. The minimum absolute atomic E-state index is 0.0811. The number of piperidine rings is 2. The third kappa shape index (κ3) is 6.73. The van der Waals surface area contributed by atoms with Crippen LogP contribution in [-0.4, -0.2) is 56.4 Å². The summed E-state index contributed by atoms with van der Waals surface area (Å²) in [6.07, 6.45) is 6.22. The lowest BCUT2D eigenvalue weighted by atomic mass is 9.81. The minimum Gasteiger partial charge on any atom is -0.493 e. The predicted octanol–water partition coefficient (Wildman–Crippen LogP) is 3.15. The molecule has 186 valence electrons. The summed E-state index contributed by atoms with van der Waals surface area (Å²) in [4.78, 5) is 15.2. The van der Waals surface area contributed by atoms with Crippen LogP contribution in [0, 0.1) is 11.8 Å². The van der Waals surface area contributed by atoms with Gasteiger partial charge >= 0.3 is 0 Å². The minimum atomic E-state index is 0.0811. The average molecular weight is 471 g/mol. The molecule has 1 aromatic carbocycles. The Hall–Kier alpha value is -2.58. The molecule has 2 atom stereocenters. The molecule has 34 heavy (non-hydrogen) atoms. The Labute approximate surface area is 202 Å². The molecule has 8 heteroatoms. The number of nitrogens with zero attached hydrogens (tertiary/aromatic N) is 2. The van der Waals surface area contributed by atoms with Crippen LogP contribution in [0.15, 0.2) is 28.8 Å². The van der Waals surface area contributed by atoms with Gasteiger partial charge in [-0.25, -0.2) is 0 Å². The van der Waals surface area contributed by atoms with Gasteiger partial charge in [-0.15, -0.1) is 0 Å². The number of benzene rings is 1. The van der Waals surface area contributed by atoms with Crippen LogP contribution in [0.2, 0.25) is 0 Å². The number of hydrogen-bond donors (Lipinski definition) is 2. The molecule has 2 aromatic rings. The smallest absolute Gasteiger partial charge is 0.220 e. The molecule has 0 aliphatic carbocycles. The Kier molecular flexibility index (Phi) is 8.82. The van der Waals surface area contributed by atoms with E-state index >= 15 is 0 Å². The molecule has 8 nitrogen and oxygen atoms in total. The van der Waals surface area contributed by atoms with Crippen LogP contribution in [0.3, 0.4) is 0 Å². The molecule has 1 amide bonds. The number of likely N-dealkylation sites (tertiary alicyclic amines) is 1. The zero-order chi connectivity index (χ0) is 23.8. The van der Waals surface area contributed by atoms with Gasteiger partial charge in [0.05, 0.1) is 26.5 Å². The number of rotatable bonds is 10. The molecule has 2 aliphatic heterocycles. The van der Waals surface area contributed by atoms with Crippen molar-refractivity contribution in [1.29, 1.82) is 0 Å². The highest BCUT2D eigenvalue weighted by molar-refractivity contribution is 5.76. The van der Waals surface area contributed by atoms with E-state index < -0.39 is 0 Å². The van der Waals surface area contributed by atoms with Crippen molar-refractivity contribution in [1.82, 2.24) is 20.7 Å². The van der Waals surface area contributed by atoms with Crippen molar-refractivity contribution < 1.29 is 18.8 Å². The van der Waals surface area contributed by atoms with Gasteiger partial charge in [-0.1, -0.05) is 17.6 Å². The number of carbonyl (C=O) groups excluding carboxylic acids is 1. The van der Waals surface area contributed by atoms with E-state index in [1.807, 2.05) is 18.2 Å². The summed E-state index contributed by atoms with van der Waals surface area (Å²) in [5.41, 5.74) is 1.98. The van der Waals surface area contributed by atoms with Crippen LogP contribution in [0.25, 0.3) is 0 Å². The van der Waals surface area contributed by atoms with Crippen LogP contribution >= 0.6 is 0 Å². The van der Waals surface area contributed by atoms with E-state index in [1.54, 1.807) is 14.2 Å². The van der Waals surface area contributed by atoms with Crippen molar-refractivity contribution in [2.75, 3.05) is 40.4 Å². The van der Waals surface area contributed by atoms with Crippen molar-refractivity contribution in [2.24, 2.45) is 11.8 Å². The summed E-state index contributed by atoms with van der Waals surface area (Å²) in [5, 5.41) is 10.9. The van der Waals surface area contributed by atoms with Crippen LogP contribution in [0.1, 0.15) is 49.1 Å². The lowest BCUT2D eigenvalue weighted by molar-refractivity contribution is -0.122. The second kappa shape index (κ2) is 12.2. The van der Waals surface area contributed by atoms with Crippen molar-refractivity contribution in [3.05, 3.63) is 41.3 Å². The van der Waals surface area contributed by atoms with Gasteiger partial charge in [0.25, 0.3) is 0 Å². The Morgan fingerprint density at radius 2 is 1.97 bits per heavy atom. The van der Waals surface area contributed by atoms with E-state index in [4.69, 9.17) is 14.0 Å². The van der Waals surface area contributed by atoms with Gasteiger partial charge in [0.2, 0.25) is 5.91 Å². The largest absolute Gasteiger partial charge is 0.493 e. The van der Waals surface area contributed by atoms with E-state index in [0.717, 1.165) is 62.6 Å². The van der Waals surface area contributed by atoms with Crippen molar-refractivity contribution in [2.45, 2.75) is 51.6 Å². The Morgan fingerprint density at radius 3 is 2.76 bits per heavy atom. The number of carbonyl (C=O) groups is 1. The quantitative estimate of drug-likeness (QED) is 0.551. The fourth-order valence-corrected chi connectivity index (χ4v) is 5.12. The molecule has 0 unspecified atom stereocenters. The molecular weight excluding hydrogens is 432 g/mol. The summed E-state index contributed by atoms with van der Waals surface area (Å²) in [5.74, 6) is 3.08. The van der Waals surface area contributed by atoms with Crippen LogP contribution in [-0.2, 0) is 24.3 Å². The van der Waals surface area contributed by atoms with E-state index in [0.29, 0.717) is 36.3 Å². The van der Waals surface area contributed by atoms with Gasteiger partial charge in [-0.2, -0.15) is 0 Å². The Balaban J connectivity index is 1.28. The highest BCUT2D eigenvalue weighted by Crippen LogP contribution is 2.28. The van der Waals surface area contributed by atoms with Crippen molar-refractivity contribution in [3.8, 4) is 11.5 Å². The average Bonchev–Trinajstić information content (AvgIpc) is 3.31. The Bertz CT molecular complexity index is 925. The number of nitrogens with one attached hydrogen (secondary N) is 2. The first-order chi connectivity index (χ1) is 16.6. The van der Waals surface area contributed by atoms with E-state index in [1.165, 1.54) is 19.3 Å². The van der Waals surface area contributed by atoms with Gasteiger partial charge < -0.3 is 24.6 Å². The van der Waals surface area contributed by atoms with E-state index in [9.17, 15) is 4.79 Å². The zero-order valence-corrected chi connectivity index (χ0v) is 20.5. The summed E-state index contributed by atoms with van der Waals surface area (Å²) >= 11 is 0. The third-order valence-electron chi connectivity index (χ3n) is 7.06.